The van der Waals surface area contributed by atoms with Gasteiger partial charge < -0.3 is 15.2 Å². The van der Waals surface area contributed by atoms with Gasteiger partial charge in [-0.3, -0.25) is 4.79 Å². The standard InChI is InChI=1S/C17H23NO4/c1-13(22-12-14-8-4-2-5-9-14)15(19)18-17(16(20)21)10-6-3-7-11-17/h2,4-5,8-9,13H,3,6-7,10-12H2,1H3,(H,18,19)(H,20,21). The van der Waals surface area contributed by atoms with Crippen molar-refractivity contribution in [3.05, 3.63) is 35.9 Å². The Kier molecular flexibility index (Phi) is 5.55. The zero-order valence-corrected chi connectivity index (χ0v) is 12.9. The Labute approximate surface area is 130 Å². The van der Waals surface area contributed by atoms with Crippen LogP contribution in [0.3, 0.4) is 0 Å². The van der Waals surface area contributed by atoms with Gasteiger partial charge in [-0.05, 0) is 25.3 Å². The number of carboxylic acids is 1. The van der Waals surface area contributed by atoms with Gasteiger partial charge in [0.1, 0.15) is 11.6 Å². The summed E-state index contributed by atoms with van der Waals surface area (Å²) in [7, 11) is 0. The van der Waals surface area contributed by atoms with E-state index in [1.807, 2.05) is 30.3 Å². The highest BCUT2D eigenvalue weighted by molar-refractivity contribution is 5.89. The summed E-state index contributed by atoms with van der Waals surface area (Å²) in [6, 6.07) is 9.57. The Morgan fingerprint density at radius 3 is 2.45 bits per heavy atom. The summed E-state index contributed by atoms with van der Waals surface area (Å²) in [5.41, 5.74) is -0.146. The number of nitrogens with one attached hydrogen (secondary N) is 1. The van der Waals surface area contributed by atoms with Crippen LogP contribution in [0.15, 0.2) is 30.3 Å². The van der Waals surface area contributed by atoms with Gasteiger partial charge in [-0.15, -0.1) is 0 Å². The SMILES string of the molecule is CC(OCc1ccccc1)C(=O)NC1(C(=O)O)CCCCC1. The first-order valence-electron chi connectivity index (χ1n) is 7.74. The predicted molar refractivity (Wildman–Crippen MR) is 82.3 cm³/mol. The molecule has 1 unspecified atom stereocenters. The highest BCUT2D eigenvalue weighted by Crippen LogP contribution is 2.28. The highest BCUT2D eigenvalue weighted by atomic mass is 16.5. The quantitative estimate of drug-likeness (QED) is 0.846. The predicted octanol–water partition coefficient (Wildman–Crippen LogP) is 2.50. The van der Waals surface area contributed by atoms with Crippen LogP contribution in [0, 0.1) is 0 Å². The topological polar surface area (TPSA) is 75.6 Å². The molecule has 1 aromatic rings. The molecule has 0 aromatic heterocycles. The average Bonchev–Trinajstić information content (AvgIpc) is 2.54. The van der Waals surface area contributed by atoms with E-state index in [0.29, 0.717) is 19.4 Å². The zero-order valence-electron chi connectivity index (χ0n) is 12.9. The van der Waals surface area contributed by atoms with Gasteiger partial charge in [0.25, 0.3) is 0 Å². The molecule has 0 radical (unpaired) electrons. The molecule has 120 valence electrons. The maximum atomic E-state index is 12.2. The van der Waals surface area contributed by atoms with Gasteiger partial charge in [0, 0.05) is 0 Å². The van der Waals surface area contributed by atoms with E-state index in [1.165, 1.54) is 0 Å². The normalized spacial score (nSPS) is 18.4. The number of carbonyl (C=O) groups is 2. The molecule has 22 heavy (non-hydrogen) atoms. The third-order valence-corrected chi connectivity index (χ3v) is 4.19. The summed E-state index contributed by atoms with van der Waals surface area (Å²) in [6.07, 6.45) is 2.96. The summed E-state index contributed by atoms with van der Waals surface area (Å²) < 4.78 is 5.55. The molecule has 0 saturated heterocycles. The van der Waals surface area contributed by atoms with Crippen molar-refractivity contribution in [2.24, 2.45) is 0 Å². The largest absolute Gasteiger partial charge is 0.480 e. The first-order valence-corrected chi connectivity index (χ1v) is 7.74. The molecule has 0 bridgehead atoms. The fourth-order valence-corrected chi connectivity index (χ4v) is 2.76. The van der Waals surface area contributed by atoms with Crippen LogP contribution in [0.5, 0.6) is 0 Å². The van der Waals surface area contributed by atoms with E-state index < -0.39 is 17.6 Å². The third kappa shape index (κ3) is 4.07. The number of aliphatic carboxylic acids is 1. The molecule has 1 fully saturated rings. The van der Waals surface area contributed by atoms with E-state index in [4.69, 9.17) is 4.74 Å². The van der Waals surface area contributed by atoms with Gasteiger partial charge in [0.15, 0.2) is 0 Å². The van der Waals surface area contributed by atoms with Crippen LogP contribution in [0.4, 0.5) is 0 Å². The van der Waals surface area contributed by atoms with Crippen molar-refractivity contribution in [1.82, 2.24) is 5.32 Å². The second-order valence-corrected chi connectivity index (χ2v) is 5.88. The molecule has 5 nitrogen and oxygen atoms in total. The number of amides is 1. The molecule has 1 atom stereocenters. The van der Waals surface area contributed by atoms with Gasteiger partial charge >= 0.3 is 5.97 Å². The fourth-order valence-electron chi connectivity index (χ4n) is 2.76. The van der Waals surface area contributed by atoms with E-state index in [2.05, 4.69) is 5.32 Å². The Bertz CT molecular complexity index is 509. The molecule has 2 rings (SSSR count). The first-order chi connectivity index (χ1) is 10.5. The Morgan fingerprint density at radius 1 is 1.23 bits per heavy atom. The van der Waals surface area contributed by atoms with Gasteiger partial charge in [-0.2, -0.15) is 0 Å². The summed E-state index contributed by atoms with van der Waals surface area (Å²) in [4.78, 5) is 23.8. The number of ether oxygens (including phenoxy) is 1. The Hall–Kier alpha value is -1.88. The van der Waals surface area contributed by atoms with Crippen LogP contribution in [0.2, 0.25) is 0 Å². The number of rotatable bonds is 6. The summed E-state index contributed by atoms with van der Waals surface area (Å²) in [5, 5.41) is 12.2. The van der Waals surface area contributed by atoms with Gasteiger partial charge in [0.05, 0.1) is 6.61 Å². The second-order valence-electron chi connectivity index (χ2n) is 5.88. The lowest BCUT2D eigenvalue weighted by Crippen LogP contribution is -2.57. The van der Waals surface area contributed by atoms with Crippen LogP contribution in [0.25, 0.3) is 0 Å². The molecule has 0 aliphatic heterocycles. The molecule has 1 aliphatic carbocycles. The molecule has 0 heterocycles. The lowest BCUT2D eigenvalue weighted by molar-refractivity contribution is -0.151. The maximum Gasteiger partial charge on any atom is 0.329 e. The van der Waals surface area contributed by atoms with E-state index in [0.717, 1.165) is 24.8 Å². The van der Waals surface area contributed by atoms with Gasteiger partial charge in [-0.25, -0.2) is 4.79 Å². The molecule has 1 aliphatic rings. The summed E-state index contributed by atoms with van der Waals surface area (Å²) in [5.74, 6) is -1.31. The van der Waals surface area contributed by atoms with Crippen molar-refractivity contribution in [3.63, 3.8) is 0 Å². The smallest absolute Gasteiger partial charge is 0.329 e. The molecule has 0 spiro atoms. The van der Waals surface area contributed by atoms with E-state index in [9.17, 15) is 14.7 Å². The molecule has 5 heteroatoms. The van der Waals surface area contributed by atoms with E-state index in [-0.39, 0.29) is 5.91 Å². The van der Waals surface area contributed by atoms with Crippen LogP contribution in [-0.4, -0.2) is 28.6 Å². The minimum Gasteiger partial charge on any atom is -0.480 e. The number of benzene rings is 1. The Balaban J connectivity index is 1.90. The monoisotopic (exact) mass is 305 g/mol. The minimum atomic E-state index is -1.13. The van der Waals surface area contributed by atoms with Crippen LogP contribution < -0.4 is 5.32 Å². The molecule has 1 amide bonds. The van der Waals surface area contributed by atoms with E-state index >= 15 is 0 Å². The van der Waals surface area contributed by atoms with Crippen molar-refractivity contribution in [3.8, 4) is 0 Å². The van der Waals surface area contributed by atoms with Crippen molar-refractivity contribution in [1.29, 1.82) is 0 Å². The van der Waals surface area contributed by atoms with Crippen molar-refractivity contribution >= 4 is 11.9 Å². The van der Waals surface area contributed by atoms with Crippen LogP contribution in [0.1, 0.15) is 44.6 Å². The average molecular weight is 305 g/mol. The summed E-state index contributed by atoms with van der Waals surface area (Å²) >= 11 is 0. The number of carbonyl (C=O) groups excluding carboxylic acids is 1. The Morgan fingerprint density at radius 2 is 1.86 bits per heavy atom. The third-order valence-electron chi connectivity index (χ3n) is 4.19. The molecular formula is C17H23NO4. The lowest BCUT2D eigenvalue weighted by Gasteiger charge is -2.34. The number of hydrogen-bond donors (Lipinski definition) is 2. The number of carboxylic acid groups (broad SMARTS) is 1. The van der Waals surface area contributed by atoms with E-state index in [1.54, 1.807) is 6.92 Å². The molecule has 1 saturated carbocycles. The second kappa shape index (κ2) is 7.40. The van der Waals surface area contributed by atoms with Crippen molar-refractivity contribution in [2.75, 3.05) is 0 Å². The van der Waals surface area contributed by atoms with Gasteiger partial charge in [0.2, 0.25) is 5.91 Å². The van der Waals surface area contributed by atoms with Crippen LogP contribution >= 0.6 is 0 Å². The van der Waals surface area contributed by atoms with Crippen LogP contribution in [-0.2, 0) is 20.9 Å². The first kappa shape index (κ1) is 16.5. The minimum absolute atomic E-state index is 0.329. The maximum absolute atomic E-state index is 12.2. The zero-order chi connectivity index (χ0) is 16.0. The molecule has 2 N–H and O–H groups in total. The lowest BCUT2D eigenvalue weighted by atomic mass is 9.81. The summed E-state index contributed by atoms with van der Waals surface area (Å²) in [6.45, 7) is 1.98. The van der Waals surface area contributed by atoms with Gasteiger partial charge in [-0.1, -0.05) is 49.6 Å². The molecular weight excluding hydrogens is 282 g/mol. The highest BCUT2D eigenvalue weighted by Gasteiger charge is 2.41. The van der Waals surface area contributed by atoms with Crippen molar-refractivity contribution < 1.29 is 19.4 Å². The fraction of sp³-hybridized carbons (Fsp3) is 0.529. The number of hydrogen-bond acceptors (Lipinski definition) is 3. The molecule has 1 aromatic carbocycles. The van der Waals surface area contributed by atoms with Crippen molar-refractivity contribution in [2.45, 2.75) is 57.3 Å².